The van der Waals surface area contributed by atoms with E-state index in [1.807, 2.05) is 54.0 Å². The van der Waals surface area contributed by atoms with Crippen molar-refractivity contribution in [1.29, 1.82) is 0 Å². The van der Waals surface area contributed by atoms with Crippen molar-refractivity contribution in [3.63, 3.8) is 0 Å². The van der Waals surface area contributed by atoms with E-state index in [-0.39, 0.29) is 18.1 Å². The normalized spacial score (nSPS) is 21.0. The number of carbonyl (C=O) groups excluding carboxylic acids is 1. The molecule has 1 fully saturated rings. The van der Waals surface area contributed by atoms with Gasteiger partial charge in [-0.25, -0.2) is 0 Å². The first kappa shape index (κ1) is 16.7. The molecule has 1 amide bonds. The fourth-order valence-corrected chi connectivity index (χ4v) is 3.20. The molecule has 1 aliphatic heterocycles. The lowest BCUT2D eigenvalue weighted by atomic mass is 10.1. The molecule has 0 spiro atoms. The average Bonchev–Trinajstić information content (AvgIpc) is 3.03. The molecule has 2 heterocycles. The van der Waals surface area contributed by atoms with E-state index >= 15 is 0 Å². The van der Waals surface area contributed by atoms with Crippen LogP contribution in [0.4, 0.5) is 0 Å². The number of aromatic nitrogens is 2. The van der Waals surface area contributed by atoms with E-state index in [1.165, 1.54) is 0 Å². The third-order valence-electron chi connectivity index (χ3n) is 4.29. The molecule has 0 aliphatic carbocycles. The Morgan fingerprint density at radius 3 is 2.58 bits per heavy atom. The molecule has 0 bridgehead atoms. The molecule has 1 saturated heterocycles. The van der Waals surface area contributed by atoms with Gasteiger partial charge in [-0.1, -0.05) is 30.3 Å². The molecule has 0 unspecified atom stereocenters. The summed E-state index contributed by atoms with van der Waals surface area (Å²) in [7, 11) is 0. The Bertz CT molecular complexity index is 658. The molecule has 3 rings (SSSR count). The number of ether oxygens (including phenoxy) is 1. The summed E-state index contributed by atoms with van der Waals surface area (Å²) in [5.41, 5.74) is 2.27. The SMILES string of the molecule is C[C@H]1CN(C(=O)CCCn2cc(-c3ccccc3)cn2)C[C@H](C)O1. The van der Waals surface area contributed by atoms with Crippen molar-refractivity contribution < 1.29 is 9.53 Å². The zero-order chi connectivity index (χ0) is 16.9. The fraction of sp³-hybridized carbons (Fsp3) is 0.474. The average molecular weight is 327 g/mol. The standard InChI is InChI=1S/C19H25N3O2/c1-15-12-21(13-16(2)24-15)19(23)9-6-10-22-14-18(11-20-22)17-7-4-3-5-8-17/h3-5,7-8,11,14-16H,6,9-10,12-13H2,1-2H3/t15-,16-/m0/s1. The zero-order valence-electron chi connectivity index (χ0n) is 14.4. The largest absolute Gasteiger partial charge is 0.372 e. The molecule has 128 valence electrons. The van der Waals surface area contributed by atoms with Gasteiger partial charge in [-0.3, -0.25) is 9.48 Å². The number of morpholine rings is 1. The first-order chi connectivity index (χ1) is 11.6. The van der Waals surface area contributed by atoms with Crippen LogP contribution in [0.25, 0.3) is 11.1 Å². The number of aryl methyl sites for hydroxylation is 1. The van der Waals surface area contributed by atoms with Crippen LogP contribution in [0.15, 0.2) is 42.7 Å². The van der Waals surface area contributed by atoms with Crippen LogP contribution in [0.1, 0.15) is 26.7 Å². The summed E-state index contributed by atoms with van der Waals surface area (Å²) in [6.07, 6.45) is 5.52. The van der Waals surface area contributed by atoms with Crippen LogP contribution in [-0.4, -0.2) is 45.9 Å². The molecule has 1 aromatic carbocycles. The van der Waals surface area contributed by atoms with Crippen LogP contribution in [0.5, 0.6) is 0 Å². The molecule has 1 aliphatic rings. The van der Waals surface area contributed by atoms with E-state index in [0.717, 1.165) is 24.1 Å². The van der Waals surface area contributed by atoms with Gasteiger partial charge in [-0.15, -0.1) is 0 Å². The highest BCUT2D eigenvalue weighted by atomic mass is 16.5. The second kappa shape index (κ2) is 7.62. The molecule has 2 aromatic rings. The molecular formula is C19H25N3O2. The lowest BCUT2D eigenvalue weighted by Crippen LogP contribution is -2.48. The van der Waals surface area contributed by atoms with Crippen molar-refractivity contribution in [3.8, 4) is 11.1 Å². The van der Waals surface area contributed by atoms with Crippen LogP contribution < -0.4 is 0 Å². The summed E-state index contributed by atoms with van der Waals surface area (Å²) in [5, 5.41) is 4.40. The monoisotopic (exact) mass is 327 g/mol. The first-order valence-electron chi connectivity index (χ1n) is 8.63. The van der Waals surface area contributed by atoms with Gasteiger partial charge in [0, 0.05) is 37.8 Å². The summed E-state index contributed by atoms with van der Waals surface area (Å²) in [4.78, 5) is 14.3. The third-order valence-corrected chi connectivity index (χ3v) is 4.29. The van der Waals surface area contributed by atoms with Gasteiger partial charge in [0.05, 0.1) is 18.4 Å². The van der Waals surface area contributed by atoms with Crippen LogP contribution in [0.2, 0.25) is 0 Å². The molecule has 5 nitrogen and oxygen atoms in total. The Kier molecular flexibility index (Phi) is 5.30. The molecule has 2 atom stereocenters. The lowest BCUT2D eigenvalue weighted by Gasteiger charge is -2.35. The van der Waals surface area contributed by atoms with E-state index in [2.05, 4.69) is 17.2 Å². The molecular weight excluding hydrogens is 302 g/mol. The van der Waals surface area contributed by atoms with Crippen molar-refractivity contribution in [3.05, 3.63) is 42.7 Å². The van der Waals surface area contributed by atoms with E-state index in [0.29, 0.717) is 19.5 Å². The number of hydrogen-bond donors (Lipinski definition) is 0. The maximum Gasteiger partial charge on any atom is 0.222 e. The van der Waals surface area contributed by atoms with Crippen molar-refractivity contribution in [2.75, 3.05) is 13.1 Å². The quantitative estimate of drug-likeness (QED) is 0.848. The Labute approximate surface area is 143 Å². The number of amides is 1. The number of hydrogen-bond acceptors (Lipinski definition) is 3. The second-order valence-corrected chi connectivity index (χ2v) is 6.52. The second-order valence-electron chi connectivity index (χ2n) is 6.52. The summed E-state index contributed by atoms with van der Waals surface area (Å²) < 4.78 is 7.59. The number of rotatable bonds is 5. The minimum Gasteiger partial charge on any atom is -0.372 e. The smallest absolute Gasteiger partial charge is 0.222 e. The highest BCUT2D eigenvalue weighted by molar-refractivity contribution is 5.76. The maximum absolute atomic E-state index is 12.3. The minimum atomic E-state index is 0.122. The van der Waals surface area contributed by atoms with Gasteiger partial charge in [-0.05, 0) is 25.8 Å². The summed E-state index contributed by atoms with van der Waals surface area (Å²) >= 11 is 0. The number of benzene rings is 1. The van der Waals surface area contributed by atoms with Crippen molar-refractivity contribution >= 4 is 5.91 Å². The predicted molar refractivity (Wildman–Crippen MR) is 93.5 cm³/mol. The Morgan fingerprint density at radius 2 is 1.88 bits per heavy atom. The van der Waals surface area contributed by atoms with Gasteiger partial charge in [0.25, 0.3) is 0 Å². The molecule has 5 heteroatoms. The molecule has 24 heavy (non-hydrogen) atoms. The molecule has 0 radical (unpaired) electrons. The van der Waals surface area contributed by atoms with Crippen LogP contribution in [0.3, 0.4) is 0 Å². The highest BCUT2D eigenvalue weighted by Gasteiger charge is 2.25. The Morgan fingerprint density at radius 1 is 1.17 bits per heavy atom. The van der Waals surface area contributed by atoms with Gasteiger partial charge in [0.1, 0.15) is 0 Å². The van der Waals surface area contributed by atoms with Gasteiger partial charge in [0.15, 0.2) is 0 Å². The van der Waals surface area contributed by atoms with Crippen molar-refractivity contribution in [1.82, 2.24) is 14.7 Å². The molecule has 0 N–H and O–H groups in total. The maximum atomic E-state index is 12.3. The fourth-order valence-electron chi connectivity index (χ4n) is 3.20. The predicted octanol–water partition coefficient (Wildman–Crippen LogP) is 2.97. The summed E-state index contributed by atoms with van der Waals surface area (Å²) in [6.45, 7) is 6.19. The van der Waals surface area contributed by atoms with Gasteiger partial charge in [-0.2, -0.15) is 5.10 Å². The van der Waals surface area contributed by atoms with E-state index < -0.39 is 0 Å². The van der Waals surface area contributed by atoms with Crippen molar-refractivity contribution in [2.45, 2.75) is 45.4 Å². The van der Waals surface area contributed by atoms with Crippen LogP contribution in [-0.2, 0) is 16.1 Å². The molecule has 0 saturated carbocycles. The van der Waals surface area contributed by atoms with Gasteiger partial charge in [0.2, 0.25) is 5.91 Å². The highest BCUT2D eigenvalue weighted by Crippen LogP contribution is 2.18. The van der Waals surface area contributed by atoms with Crippen molar-refractivity contribution in [2.24, 2.45) is 0 Å². The number of nitrogens with zero attached hydrogens (tertiary/aromatic N) is 3. The summed E-state index contributed by atoms with van der Waals surface area (Å²) in [5.74, 6) is 0.215. The minimum absolute atomic E-state index is 0.122. The van der Waals surface area contributed by atoms with Gasteiger partial charge >= 0.3 is 0 Å². The van der Waals surface area contributed by atoms with Crippen LogP contribution in [0, 0.1) is 0 Å². The number of carbonyl (C=O) groups is 1. The molecule has 1 aromatic heterocycles. The van der Waals surface area contributed by atoms with E-state index in [4.69, 9.17) is 4.74 Å². The van der Waals surface area contributed by atoms with E-state index in [1.54, 1.807) is 0 Å². The summed E-state index contributed by atoms with van der Waals surface area (Å²) in [6, 6.07) is 10.2. The zero-order valence-corrected chi connectivity index (χ0v) is 14.4. The van der Waals surface area contributed by atoms with Gasteiger partial charge < -0.3 is 9.64 Å². The Balaban J connectivity index is 1.48. The van der Waals surface area contributed by atoms with Crippen LogP contribution >= 0.6 is 0 Å². The third kappa shape index (κ3) is 4.23. The van der Waals surface area contributed by atoms with E-state index in [9.17, 15) is 4.79 Å². The Hall–Kier alpha value is -2.14. The topological polar surface area (TPSA) is 47.4 Å². The first-order valence-corrected chi connectivity index (χ1v) is 8.63. The lowest BCUT2D eigenvalue weighted by molar-refractivity contribution is -0.143.